The van der Waals surface area contributed by atoms with Crippen LogP contribution in [0.25, 0.3) is 27.5 Å². The number of aromatic carboxylic acids is 1. The Morgan fingerprint density at radius 1 is 1.10 bits per heavy atom. The summed E-state index contributed by atoms with van der Waals surface area (Å²) in [6.07, 6.45) is 2.32. The van der Waals surface area contributed by atoms with E-state index in [4.69, 9.17) is 10.2 Å². The van der Waals surface area contributed by atoms with Crippen molar-refractivity contribution in [1.82, 2.24) is 14.8 Å². The Bertz CT molecular complexity index is 1770. The van der Waals surface area contributed by atoms with Gasteiger partial charge in [0, 0.05) is 28.8 Å². The molecule has 10 heteroatoms. The van der Waals surface area contributed by atoms with Crippen molar-refractivity contribution in [2.24, 2.45) is 5.14 Å². The number of carboxylic acids is 1. The van der Waals surface area contributed by atoms with Crippen LogP contribution in [0.15, 0.2) is 77.0 Å². The predicted molar refractivity (Wildman–Crippen MR) is 154 cm³/mol. The van der Waals surface area contributed by atoms with Crippen molar-refractivity contribution in [3.63, 3.8) is 0 Å². The third kappa shape index (κ3) is 5.13. The summed E-state index contributed by atoms with van der Waals surface area (Å²) >= 11 is 1.22. The number of hydrogen-bond donors (Lipinski definition) is 2. The predicted octanol–water partition coefficient (Wildman–Crippen LogP) is 6.26. The minimum Gasteiger partial charge on any atom is -0.476 e. The van der Waals surface area contributed by atoms with Gasteiger partial charge in [-0.3, -0.25) is 0 Å². The van der Waals surface area contributed by atoms with Crippen LogP contribution in [0.1, 0.15) is 51.6 Å². The zero-order valence-corrected chi connectivity index (χ0v) is 23.1. The Labute approximate surface area is 236 Å². The van der Waals surface area contributed by atoms with Crippen molar-refractivity contribution in [2.45, 2.75) is 37.0 Å². The molecule has 202 valence electrons. The van der Waals surface area contributed by atoms with Gasteiger partial charge in [0.2, 0.25) is 5.13 Å². The van der Waals surface area contributed by atoms with E-state index < -0.39 is 22.8 Å². The summed E-state index contributed by atoms with van der Waals surface area (Å²) in [7, 11) is -1.92. The van der Waals surface area contributed by atoms with Crippen LogP contribution in [0, 0.1) is 12.7 Å². The highest BCUT2D eigenvalue weighted by Gasteiger charge is 2.34. The smallest absolute Gasteiger partial charge is 0.355 e. The largest absolute Gasteiger partial charge is 0.476 e. The number of rotatable bonds is 8. The lowest BCUT2D eigenvalue weighted by atomic mass is 9.95. The van der Waals surface area contributed by atoms with E-state index in [1.165, 1.54) is 34.4 Å². The summed E-state index contributed by atoms with van der Waals surface area (Å²) in [4.78, 5) is 15.9. The molecule has 0 saturated heterocycles. The summed E-state index contributed by atoms with van der Waals surface area (Å²) < 4.78 is 28.2. The summed E-state index contributed by atoms with van der Waals surface area (Å²) in [5, 5.41) is 21.9. The highest BCUT2D eigenvalue weighted by molar-refractivity contribution is 7.82. The number of halogens is 1. The van der Waals surface area contributed by atoms with Crippen LogP contribution in [-0.4, -0.2) is 30.0 Å². The number of aromatic nitrogens is 3. The number of benzene rings is 3. The second kappa shape index (κ2) is 10.5. The number of hydrogen-bond acceptors (Lipinski definition) is 5. The molecule has 6 rings (SSSR count). The van der Waals surface area contributed by atoms with Crippen LogP contribution in [0.4, 0.5) is 4.39 Å². The number of thiazole rings is 1. The number of carbonyl (C=O) groups is 1. The van der Waals surface area contributed by atoms with E-state index in [1.54, 1.807) is 10.7 Å². The third-order valence-corrected chi connectivity index (χ3v) is 8.58. The Kier molecular flexibility index (Phi) is 6.91. The quantitative estimate of drug-likeness (QED) is 0.228. The topological polar surface area (TPSA) is 111 Å². The van der Waals surface area contributed by atoms with Gasteiger partial charge in [-0.25, -0.2) is 28.2 Å². The van der Waals surface area contributed by atoms with Crippen LogP contribution < -0.4 is 5.14 Å². The monoisotopic (exact) mass is 572 g/mol. The van der Waals surface area contributed by atoms with E-state index in [1.807, 2.05) is 25.1 Å². The van der Waals surface area contributed by atoms with E-state index >= 15 is 0 Å². The first-order valence-corrected chi connectivity index (χ1v) is 14.8. The molecule has 1 unspecified atom stereocenters. The van der Waals surface area contributed by atoms with E-state index in [2.05, 4.69) is 35.3 Å². The summed E-state index contributed by atoms with van der Waals surface area (Å²) in [6.45, 7) is 2.05. The summed E-state index contributed by atoms with van der Waals surface area (Å²) in [5.74, 6) is -1.48. The third-order valence-electron chi connectivity index (χ3n) is 6.99. The highest BCUT2D eigenvalue weighted by Crippen LogP contribution is 2.46. The van der Waals surface area contributed by atoms with E-state index in [9.17, 15) is 18.5 Å². The summed E-state index contributed by atoms with van der Waals surface area (Å²) in [5.41, 5.74) is 7.45. The van der Waals surface area contributed by atoms with Crippen molar-refractivity contribution in [3.8, 4) is 27.5 Å². The lowest BCUT2D eigenvalue weighted by Crippen LogP contribution is -2.06. The number of aryl methyl sites for hydroxylation is 1. The van der Waals surface area contributed by atoms with Gasteiger partial charge in [-0.2, -0.15) is 5.10 Å². The standard InChI is InChI=1S/C30H25FN4O3S2/c1-17-5-8-19(9-6-17)21-3-2-4-22(15-21)27-23(13-18-7-12-26(40(32)38)24(31)14-18)28(20-10-11-20)35(34-27)30-33-25(16-39-30)29(36)37/h2-9,12,14-16,20H,10-11,13,32H2,1H3,(H,36,37). The molecule has 3 aromatic carbocycles. The molecule has 1 aliphatic rings. The van der Waals surface area contributed by atoms with Crippen molar-refractivity contribution in [2.75, 3.05) is 0 Å². The normalized spacial score (nSPS) is 13.9. The van der Waals surface area contributed by atoms with Crippen LogP contribution in [0.5, 0.6) is 0 Å². The Balaban J connectivity index is 1.52. The minimum absolute atomic E-state index is 0.0332. The fourth-order valence-electron chi connectivity index (χ4n) is 4.86. The van der Waals surface area contributed by atoms with Crippen molar-refractivity contribution in [1.29, 1.82) is 0 Å². The molecule has 2 aromatic heterocycles. The van der Waals surface area contributed by atoms with Gasteiger partial charge >= 0.3 is 5.97 Å². The van der Waals surface area contributed by atoms with Crippen LogP contribution >= 0.6 is 11.3 Å². The first kappa shape index (κ1) is 26.2. The van der Waals surface area contributed by atoms with Crippen molar-refractivity contribution < 1.29 is 18.5 Å². The van der Waals surface area contributed by atoms with Crippen molar-refractivity contribution >= 4 is 28.3 Å². The van der Waals surface area contributed by atoms with Gasteiger partial charge in [0.15, 0.2) is 5.69 Å². The molecule has 2 heterocycles. The molecule has 0 radical (unpaired) electrons. The van der Waals surface area contributed by atoms with Gasteiger partial charge in [-0.1, -0.05) is 54.1 Å². The van der Waals surface area contributed by atoms with Crippen LogP contribution in [0.3, 0.4) is 0 Å². The molecule has 1 saturated carbocycles. The zero-order chi connectivity index (χ0) is 28.0. The van der Waals surface area contributed by atoms with Gasteiger partial charge in [0.25, 0.3) is 0 Å². The molecule has 1 aliphatic carbocycles. The molecule has 1 atom stereocenters. The van der Waals surface area contributed by atoms with E-state index in [-0.39, 0.29) is 16.5 Å². The van der Waals surface area contributed by atoms with E-state index in [0.717, 1.165) is 46.5 Å². The lowest BCUT2D eigenvalue weighted by Gasteiger charge is -2.10. The van der Waals surface area contributed by atoms with Crippen molar-refractivity contribution in [3.05, 3.63) is 106 Å². The van der Waals surface area contributed by atoms with Crippen LogP contribution in [0.2, 0.25) is 0 Å². The van der Waals surface area contributed by atoms with E-state index in [0.29, 0.717) is 17.1 Å². The maximum Gasteiger partial charge on any atom is 0.355 e. The molecule has 5 aromatic rings. The zero-order valence-electron chi connectivity index (χ0n) is 21.5. The Morgan fingerprint density at radius 3 is 2.50 bits per heavy atom. The molecule has 7 nitrogen and oxygen atoms in total. The maximum absolute atomic E-state index is 14.8. The molecular formula is C30H25FN4O3S2. The first-order chi connectivity index (χ1) is 19.3. The van der Waals surface area contributed by atoms with Gasteiger partial charge in [-0.05, 0) is 54.7 Å². The molecule has 3 N–H and O–H groups in total. The molecule has 0 bridgehead atoms. The molecular weight excluding hydrogens is 547 g/mol. The lowest BCUT2D eigenvalue weighted by molar-refractivity contribution is 0.0691. The molecule has 0 aliphatic heterocycles. The minimum atomic E-state index is -1.92. The fourth-order valence-corrected chi connectivity index (χ4v) is 6.08. The molecule has 1 fully saturated rings. The van der Waals surface area contributed by atoms with Gasteiger partial charge in [0.05, 0.1) is 16.3 Å². The van der Waals surface area contributed by atoms with Gasteiger partial charge < -0.3 is 5.11 Å². The number of carboxylic acid groups (broad SMARTS) is 1. The fraction of sp³-hybridized carbons (Fsp3) is 0.167. The van der Waals surface area contributed by atoms with Crippen LogP contribution in [-0.2, 0) is 17.4 Å². The highest BCUT2D eigenvalue weighted by atomic mass is 32.2. The SMILES string of the molecule is Cc1ccc(-c2cccc(-c3nn(-c4nc(C(=O)O)cs4)c(C4CC4)c3Cc3ccc(S(N)=O)c(F)c3)c2)cc1. The Morgan fingerprint density at radius 2 is 1.85 bits per heavy atom. The molecule has 0 amide bonds. The molecule has 0 spiro atoms. The molecule has 40 heavy (non-hydrogen) atoms. The number of nitrogens with two attached hydrogens (primary N) is 1. The van der Waals surface area contributed by atoms with Gasteiger partial charge in [0.1, 0.15) is 16.8 Å². The maximum atomic E-state index is 14.8. The summed E-state index contributed by atoms with van der Waals surface area (Å²) in [6, 6.07) is 21.0. The second-order valence-corrected chi connectivity index (χ2v) is 11.8. The second-order valence-electron chi connectivity index (χ2n) is 9.90. The Hall–Kier alpha value is -3.99. The number of nitrogens with zero attached hydrogens (tertiary/aromatic N) is 3. The average Bonchev–Trinajstić information content (AvgIpc) is 3.51. The van der Waals surface area contributed by atoms with Gasteiger partial charge in [-0.15, -0.1) is 11.3 Å². The average molecular weight is 573 g/mol. The first-order valence-electron chi connectivity index (χ1n) is 12.7.